The number of fused-ring (bicyclic) bond motifs is 1. The van der Waals surface area contributed by atoms with Crippen LogP contribution < -0.4 is 9.47 Å². The van der Waals surface area contributed by atoms with Crippen molar-refractivity contribution in [3.05, 3.63) is 47.0 Å². The Bertz CT molecular complexity index is 817. The smallest absolute Gasteiger partial charge is 0.226 e. The molecule has 1 saturated carbocycles. The molecule has 25 heavy (non-hydrogen) atoms. The molecule has 1 fully saturated rings. The first kappa shape index (κ1) is 16.3. The first-order valence-corrected chi connectivity index (χ1v) is 8.92. The number of nitrogens with zero attached hydrogens (tertiary/aromatic N) is 1. The summed E-state index contributed by atoms with van der Waals surface area (Å²) >= 11 is 6.14. The van der Waals surface area contributed by atoms with Crippen molar-refractivity contribution in [2.45, 2.75) is 19.4 Å². The van der Waals surface area contributed by atoms with Crippen LogP contribution in [0.15, 0.2) is 36.4 Å². The third-order valence-corrected chi connectivity index (χ3v) is 4.95. The third-order valence-electron chi connectivity index (χ3n) is 4.72. The van der Waals surface area contributed by atoms with E-state index in [1.54, 1.807) is 7.11 Å². The molecular weight excluding hydrogens is 338 g/mol. The van der Waals surface area contributed by atoms with Crippen LogP contribution in [0.5, 0.6) is 11.5 Å². The number of hydrogen-bond donors (Lipinski definition) is 0. The number of halogens is 1. The largest absolute Gasteiger partial charge is 0.493 e. The van der Waals surface area contributed by atoms with Gasteiger partial charge in [-0.2, -0.15) is 0 Å². The van der Waals surface area contributed by atoms with Crippen LogP contribution >= 0.6 is 11.6 Å². The lowest BCUT2D eigenvalue weighted by Gasteiger charge is -2.20. The summed E-state index contributed by atoms with van der Waals surface area (Å²) in [6.45, 7) is 1.65. The topological polar surface area (TPSA) is 38.8 Å². The third kappa shape index (κ3) is 3.31. The highest BCUT2D eigenvalue weighted by molar-refractivity contribution is 6.30. The predicted molar refractivity (Wildman–Crippen MR) is 97.1 cm³/mol. The van der Waals surface area contributed by atoms with E-state index in [4.69, 9.17) is 21.1 Å². The van der Waals surface area contributed by atoms with E-state index in [2.05, 4.69) is 6.07 Å². The molecule has 0 unspecified atom stereocenters. The highest BCUT2D eigenvalue weighted by atomic mass is 35.5. The van der Waals surface area contributed by atoms with Gasteiger partial charge < -0.3 is 14.4 Å². The van der Waals surface area contributed by atoms with Crippen LogP contribution in [-0.2, 0) is 11.3 Å². The number of hydrogen-bond acceptors (Lipinski definition) is 3. The van der Waals surface area contributed by atoms with Crippen LogP contribution in [0.3, 0.4) is 0 Å². The molecule has 4 rings (SSSR count). The molecule has 130 valence electrons. The van der Waals surface area contributed by atoms with Gasteiger partial charge in [0, 0.05) is 23.0 Å². The fourth-order valence-electron chi connectivity index (χ4n) is 3.25. The molecule has 0 aromatic heterocycles. The van der Waals surface area contributed by atoms with Crippen molar-refractivity contribution < 1.29 is 14.3 Å². The van der Waals surface area contributed by atoms with E-state index in [1.165, 1.54) is 0 Å². The molecule has 2 aromatic carbocycles. The van der Waals surface area contributed by atoms with Crippen molar-refractivity contribution in [2.75, 3.05) is 20.3 Å². The van der Waals surface area contributed by atoms with Gasteiger partial charge in [0.25, 0.3) is 0 Å². The second kappa shape index (κ2) is 6.60. The van der Waals surface area contributed by atoms with E-state index >= 15 is 0 Å². The minimum absolute atomic E-state index is 0.208. The van der Waals surface area contributed by atoms with Gasteiger partial charge in [0.2, 0.25) is 5.91 Å². The summed E-state index contributed by atoms with van der Waals surface area (Å²) in [5.41, 5.74) is 2.99. The zero-order chi connectivity index (χ0) is 17.4. The van der Waals surface area contributed by atoms with E-state index in [0.717, 1.165) is 35.3 Å². The average Bonchev–Trinajstić information content (AvgIpc) is 3.46. The molecule has 0 spiro atoms. The lowest BCUT2D eigenvalue weighted by atomic mass is 10.0. The van der Waals surface area contributed by atoms with Crippen molar-refractivity contribution >= 4 is 17.5 Å². The van der Waals surface area contributed by atoms with E-state index in [1.807, 2.05) is 35.2 Å². The molecule has 1 aliphatic carbocycles. The zero-order valence-corrected chi connectivity index (χ0v) is 14.9. The molecule has 0 radical (unpaired) electrons. The molecule has 0 N–H and O–H groups in total. The number of rotatable bonds is 3. The van der Waals surface area contributed by atoms with Gasteiger partial charge >= 0.3 is 0 Å². The van der Waals surface area contributed by atoms with Gasteiger partial charge in [0.1, 0.15) is 6.61 Å². The summed E-state index contributed by atoms with van der Waals surface area (Å²) in [6, 6.07) is 11.7. The second-order valence-corrected chi connectivity index (χ2v) is 7.00. The number of carbonyl (C=O) groups excluding carboxylic acids is 1. The summed E-state index contributed by atoms with van der Waals surface area (Å²) in [6.07, 6.45) is 2.02. The number of carbonyl (C=O) groups is 1. The van der Waals surface area contributed by atoms with Gasteiger partial charge in [-0.25, -0.2) is 0 Å². The normalized spacial score (nSPS) is 16.6. The fraction of sp³-hybridized carbons (Fsp3) is 0.350. The maximum Gasteiger partial charge on any atom is 0.226 e. The van der Waals surface area contributed by atoms with Crippen LogP contribution in [0.1, 0.15) is 18.4 Å². The number of benzene rings is 2. The van der Waals surface area contributed by atoms with Gasteiger partial charge in [-0.1, -0.05) is 23.7 Å². The molecule has 0 atom stereocenters. The van der Waals surface area contributed by atoms with Crippen LogP contribution in [0.4, 0.5) is 0 Å². The lowest BCUT2D eigenvalue weighted by molar-refractivity contribution is -0.133. The molecule has 1 heterocycles. The van der Waals surface area contributed by atoms with E-state index in [-0.39, 0.29) is 11.8 Å². The minimum Gasteiger partial charge on any atom is -0.493 e. The quantitative estimate of drug-likeness (QED) is 0.828. The standard InChI is InChI=1S/C20H20ClNO3/c1-24-18-11-15(14-3-2-4-17(21)10-14)9-16-12-22(7-8-25-19(16)18)20(23)13-5-6-13/h2-4,9-11,13H,5-8,12H2,1H3. The van der Waals surface area contributed by atoms with E-state index in [0.29, 0.717) is 30.5 Å². The van der Waals surface area contributed by atoms with Crippen molar-refractivity contribution in [2.24, 2.45) is 5.92 Å². The SMILES string of the molecule is COc1cc(-c2cccc(Cl)c2)cc2c1OCCN(C(=O)C1CC1)C2. The summed E-state index contributed by atoms with van der Waals surface area (Å²) in [5.74, 6) is 1.87. The average molecular weight is 358 g/mol. The number of ether oxygens (including phenoxy) is 2. The number of methoxy groups -OCH3 is 1. The molecule has 2 aliphatic rings. The Kier molecular flexibility index (Phi) is 4.30. The summed E-state index contributed by atoms with van der Waals surface area (Å²) in [4.78, 5) is 14.4. The maximum absolute atomic E-state index is 12.5. The Morgan fingerprint density at radius 1 is 1.24 bits per heavy atom. The van der Waals surface area contributed by atoms with Gasteiger partial charge in [0.15, 0.2) is 11.5 Å². The Morgan fingerprint density at radius 2 is 2.08 bits per heavy atom. The predicted octanol–water partition coefficient (Wildman–Crippen LogP) is 4.15. The van der Waals surface area contributed by atoms with Gasteiger partial charge in [-0.05, 0) is 48.2 Å². The Hall–Kier alpha value is -2.20. The Morgan fingerprint density at radius 3 is 2.80 bits per heavy atom. The highest BCUT2D eigenvalue weighted by Crippen LogP contribution is 2.40. The van der Waals surface area contributed by atoms with Crippen molar-refractivity contribution in [3.63, 3.8) is 0 Å². The minimum atomic E-state index is 0.208. The van der Waals surface area contributed by atoms with Crippen molar-refractivity contribution in [1.29, 1.82) is 0 Å². The second-order valence-electron chi connectivity index (χ2n) is 6.56. The zero-order valence-electron chi connectivity index (χ0n) is 14.1. The van der Waals surface area contributed by atoms with Crippen LogP contribution in [0, 0.1) is 5.92 Å². The molecular formula is C20H20ClNO3. The van der Waals surface area contributed by atoms with Crippen LogP contribution in [0.2, 0.25) is 5.02 Å². The maximum atomic E-state index is 12.5. The monoisotopic (exact) mass is 357 g/mol. The van der Waals surface area contributed by atoms with Crippen molar-refractivity contribution in [3.8, 4) is 22.6 Å². The molecule has 0 bridgehead atoms. The molecule has 1 amide bonds. The van der Waals surface area contributed by atoms with Crippen LogP contribution in [-0.4, -0.2) is 31.1 Å². The molecule has 0 saturated heterocycles. The molecule has 5 heteroatoms. The van der Waals surface area contributed by atoms with E-state index < -0.39 is 0 Å². The summed E-state index contributed by atoms with van der Waals surface area (Å²) < 4.78 is 11.5. The van der Waals surface area contributed by atoms with Gasteiger partial charge in [-0.3, -0.25) is 4.79 Å². The van der Waals surface area contributed by atoms with Gasteiger partial charge in [0.05, 0.1) is 13.7 Å². The molecule has 4 nitrogen and oxygen atoms in total. The Labute approximate surface area is 152 Å². The first-order chi connectivity index (χ1) is 12.2. The fourth-order valence-corrected chi connectivity index (χ4v) is 3.44. The van der Waals surface area contributed by atoms with Gasteiger partial charge in [-0.15, -0.1) is 0 Å². The van der Waals surface area contributed by atoms with Crippen molar-refractivity contribution in [1.82, 2.24) is 4.90 Å². The number of amides is 1. The first-order valence-electron chi connectivity index (χ1n) is 8.54. The van der Waals surface area contributed by atoms with Crippen LogP contribution in [0.25, 0.3) is 11.1 Å². The highest BCUT2D eigenvalue weighted by Gasteiger charge is 2.34. The van der Waals surface area contributed by atoms with E-state index in [9.17, 15) is 4.79 Å². The molecule has 1 aliphatic heterocycles. The lowest BCUT2D eigenvalue weighted by Crippen LogP contribution is -2.33. The molecule has 2 aromatic rings. The Balaban J connectivity index is 1.74. The summed E-state index contributed by atoms with van der Waals surface area (Å²) in [7, 11) is 1.64. The summed E-state index contributed by atoms with van der Waals surface area (Å²) in [5, 5.41) is 0.688.